The Hall–Kier alpha value is -2.18. The van der Waals surface area contributed by atoms with Crippen LogP contribution in [0, 0.1) is 0 Å². The molecule has 0 aliphatic carbocycles. The number of anilines is 1. The number of carbonyl (C=O) groups excluding carboxylic acids is 2. The van der Waals surface area contributed by atoms with Crippen LogP contribution in [0.2, 0.25) is 0 Å². The van der Waals surface area contributed by atoms with Crippen molar-refractivity contribution >= 4 is 17.6 Å². The minimum atomic E-state index is -0.0965. The van der Waals surface area contributed by atoms with Gasteiger partial charge in [-0.1, -0.05) is 13.3 Å². The molecule has 1 saturated heterocycles. The number of hydrogen-bond donors (Lipinski definition) is 0. The Kier molecular flexibility index (Phi) is 5.90. The molecule has 0 N–H and O–H groups in total. The molecule has 0 bridgehead atoms. The summed E-state index contributed by atoms with van der Waals surface area (Å²) in [5.74, 6) is 0.721. The summed E-state index contributed by atoms with van der Waals surface area (Å²) in [6.45, 7) is 6.85. The van der Waals surface area contributed by atoms with Crippen molar-refractivity contribution in [1.29, 1.82) is 0 Å². The maximum atomic E-state index is 12.6. The molecule has 2 amide bonds. The van der Waals surface area contributed by atoms with E-state index in [1.807, 2.05) is 11.9 Å². The molecule has 23 heavy (non-hydrogen) atoms. The van der Waals surface area contributed by atoms with Crippen LogP contribution in [0.25, 0.3) is 0 Å². The molecule has 0 spiro atoms. The summed E-state index contributed by atoms with van der Waals surface area (Å²) in [5, 5.41) is 0. The van der Waals surface area contributed by atoms with Crippen LogP contribution in [-0.4, -0.2) is 71.4 Å². The second-order valence-electron chi connectivity index (χ2n) is 5.83. The van der Waals surface area contributed by atoms with E-state index in [2.05, 4.69) is 16.9 Å². The quantitative estimate of drug-likeness (QED) is 0.810. The molecule has 7 nitrogen and oxygen atoms in total. The fourth-order valence-corrected chi connectivity index (χ4v) is 2.57. The fourth-order valence-electron chi connectivity index (χ4n) is 2.57. The second kappa shape index (κ2) is 7.89. The first kappa shape index (κ1) is 17.2. The highest BCUT2D eigenvalue weighted by molar-refractivity contribution is 5.93. The van der Waals surface area contributed by atoms with Crippen molar-refractivity contribution in [3.8, 4) is 0 Å². The summed E-state index contributed by atoms with van der Waals surface area (Å²) in [4.78, 5) is 37.8. The van der Waals surface area contributed by atoms with Crippen LogP contribution in [0.5, 0.6) is 0 Å². The molecule has 0 aromatic carbocycles. The molecular formula is C16H25N5O2. The lowest BCUT2D eigenvalue weighted by Crippen LogP contribution is -2.50. The molecule has 2 heterocycles. The summed E-state index contributed by atoms with van der Waals surface area (Å²) in [7, 11) is 1.97. The van der Waals surface area contributed by atoms with Crippen LogP contribution < -0.4 is 4.90 Å². The van der Waals surface area contributed by atoms with Gasteiger partial charge in [-0.05, 0) is 6.42 Å². The molecule has 1 aromatic heterocycles. The molecule has 0 radical (unpaired) electrons. The van der Waals surface area contributed by atoms with Gasteiger partial charge in [0.05, 0.1) is 0 Å². The topological polar surface area (TPSA) is 69.6 Å². The largest absolute Gasteiger partial charge is 0.360 e. The normalized spacial score (nSPS) is 14.7. The van der Waals surface area contributed by atoms with Gasteiger partial charge in [0.25, 0.3) is 5.91 Å². The van der Waals surface area contributed by atoms with Crippen LogP contribution in [0.1, 0.15) is 37.2 Å². The summed E-state index contributed by atoms with van der Waals surface area (Å²) in [5.41, 5.74) is 0.412. The molecule has 2 rings (SSSR count). The van der Waals surface area contributed by atoms with Crippen LogP contribution in [0.3, 0.4) is 0 Å². The zero-order chi connectivity index (χ0) is 16.8. The zero-order valence-electron chi connectivity index (χ0n) is 14.2. The molecule has 0 atom stereocenters. The molecule has 0 unspecified atom stereocenters. The number of rotatable bonds is 5. The number of carbonyl (C=O) groups is 2. The van der Waals surface area contributed by atoms with Crippen molar-refractivity contribution in [1.82, 2.24) is 19.8 Å². The van der Waals surface area contributed by atoms with E-state index in [-0.39, 0.29) is 11.8 Å². The average Bonchev–Trinajstić information content (AvgIpc) is 2.59. The summed E-state index contributed by atoms with van der Waals surface area (Å²) >= 11 is 0. The third-order valence-electron chi connectivity index (χ3n) is 4.12. The van der Waals surface area contributed by atoms with Gasteiger partial charge in [-0.2, -0.15) is 0 Å². The third kappa shape index (κ3) is 4.40. The molecule has 1 aromatic rings. The molecule has 1 aliphatic rings. The summed E-state index contributed by atoms with van der Waals surface area (Å²) in [6, 6.07) is 1.75. The van der Waals surface area contributed by atoms with Gasteiger partial charge in [-0.25, -0.2) is 9.97 Å². The Morgan fingerprint density at radius 3 is 2.43 bits per heavy atom. The predicted octanol–water partition coefficient (Wildman–Crippen LogP) is 1.02. The van der Waals surface area contributed by atoms with Gasteiger partial charge in [-0.15, -0.1) is 0 Å². The fraction of sp³-hybridized carbons (Fsp3) is 0.625. The second-order valence-corrected chi connectivity index (χ2v) is 5.83. The maximum absolute atomic E-state index is 12.6. The minimum absolute atomic E-state index is 0.0546. The minimum Gasteiger partial charge on any atom is -0.360 e. The molecule has 126 valence electrons. The number of piperazine rings is 1. The Morgan fingerprint density at radius 2 is 1.83 bits per heavy atom. The lowest BCUT2D eigenvalue weighted by atomic mass is 10.2. The van der Waals surface area contributed by atoms with Gasteiger partial charge >= 0.3 is 0 Å². The van der Waals surface area contributed by atoms with Crippen molar-refractivity contribution in [3.63, 3.8) is 0 Å². The van der Waals surface area contributed by atoms with Crippen LogP contribution in [-0.2, 0) is 4.79 Å². The molecular weight excluding hydrogens is 294 g/mol. The Bertz CT molecular complexity index is 555. The van der Waals surface area contributed by atoms with E-state index in [0.29, 0.717) is 31.9 Å². The molecule has 7 heteroatoms. The third-order valence-corrected chi connectivity index (χ3v) is 4.12. The lowest BCUT2D eigenvalue weighted by Gasteiger charge is -2.34. The van der Waals surface area contributed by atoms with Crippen LogP contribution in [0.4, 0.5) is 5.82 Å². The number of aromatic nitrogens is 2. The van der Waals surface area contributed by atoms with Crippen molar-refractivity contribution in [2.75, 3.05) is 44.7 Å². The predicted molar refractivity (Wildman–Crippen MR) is 88.4 cm³/mol. The van der Waals surface area contributed by atoms with Crippen LogP contribution >= 0.6 is 0 Å². The average molecular weight is 319 g/mol. The Balaban J connectivity index is 2.01. The van der Waals surface area contributed by atoms with Crippen LogP contribution in [0.15, 0.2) is 12.4 Å². The maximum Gasteiger partial charge on any atom is 0.272 e. The van der Waals surface area contributed by atoms with E-state index in [0.717, 1.165) is 25.2 Å². The Labute approximate surface area is 137 Å². The number of nitrogens with zero attached hydrogens (tertiary/aromatic N) is 5. The van der Waals surface area contributed by atoms with Crippen molar-refractivity contribution in [2.45, 2.75) is 26.7 Å². The van der Waals surface area contributed by atoms with E-state index in [4.69, 9.17) is 0 Å². The van der Waals surface area contributed by atoms with Gasteiger partial charge in [-0.3, -0.25) is 9.59 Å². The SMILES string of the molecule is CCCCN(C)c1cc(C(=O)N2CCN(C(C)=O)CC2)ncn1. The van der Waals surface area contributed by atoms with E-state index in [1.165, 1.54) is 6.33 Å². The van der Waals surface area contributed by atoms with E-state index in [9.17, 15) is 9.59 Å². The van der Waals surface area contributed by atoms with Gasteiger partial charge in [0, 0.05) is 52.8 Å². The number of hydrogen-bond acceptors (Lipinski definition) is 5. The van der Waals surface area contributed by atoms with Gasteiger partial charge < -0.3 is 14.7 Å². The zero-order valence-corrected chi connectivity index (χ0v) is 14.2. The molecule has 1 aliphatic heterocycles. The molecule has 0 saturated carbocycles. The van der Waals surface area contributed by atoms with E-state index in [1.54, 1.807) is 22.8 Å². The number of amides is 2. The lowest BCUT2D eigenvalue weighted by molar-refractivity contribution is -0.130. The first-order chi connectivity index (χ1) is 11.0. The highest BCUT2D eigenvalue weighted by atomic mass is 16.2. The highest BCUT2D eigenvalue weighted by Gasteiger charge is 2.24. The van der Waals surface area contributed by atoms with Crippen molar-refractivity contribution in [3.05, 3.63) is 18.1 Å². The van der Waals surface area contributed by atoms with E-state index < -0.39 is 0 Å². The first-order valence-corrected chi connectivity index (χ1v) is 8.11. The van der Waals surface area contributed by atoms with Crippen molar-refractivity contribution < 1.29 is 9.59 Å². The summed E-state index contributed by atoms with van der Waals surface area (Å²) in [6.07, 6.45) is 3.63. The Morgan fingerprint density at radius 1 is 1.17 bits per heavy atom. The number of unbranched alkanes of at least 4 members (excludes halogenated alkanes) is 1. The van der Waals surface area contributed by atoms with Gasteiger partial charge in [0.2, 0.25) is 5.91 Å². The molecule has 1 fully saturated rings. The smallest absolute Gasteiger partial charge is 0.272 e. The summed E-state index contributed by atoms with van der Waals surface area (Å²) < 4.78 is 0. The van der Waals surface area contributed by atoms with Gasteiger partial charge in [0.1, 0.15) is 17.8 Å². The van der Waals surface area contributed by atoms with E-state index >= 15 is 0 Å². The highest BCUT2D eigenvalue weighted by Crippen LogP contribution is 2.13. The van der Waals surface area contributed by atoms with Gasteiger partial charge in [0.15, 0.2) is 0 Å². The van der Waals surface area contributed by atoms with Crippen molar-refractivity contribution in [2.24, 2.45) is 0 Å². The first-order valence-electron chi connectivity index (χ1n) is 8.11. The standard InChI is InChI=1S/C16H25N5O2/c1-4-5-6-19(3)15-11-14(17-12-18-15)16(23)21-9-7-20(8-10-21)13(2)22/h11-12H,4-10H2,1-3H3. The monoisotopic (exact) mass is 319 g/mol.